The Bertz CT molecular complexity index is 1160. The van der Waals surface area contributed by atoms with Crippen LogP contribution in [0.2, 0.25) is 0 Å². The second-order valence-electron chi connectivity index (χ2n) is 8.62. The van der Waals surface area contributed by atoms with E-state index in [0.717, 1.165) is 0 Å². The lowest BCUT2D eigenvalue weighted by atomic mass is 9.91. The lowest BCUT2D eigenvalue weighted by Gasteiger charge is -2.34. The zero-order valence-electron chi connectivity index (χ0n) is 20.2. The van der Waals surface area contributed by atoms with Crippen molar-refractivity contribution < 1.29 is 27.5 Å². The number of halogens is 3. The molecule has 0 saturated heterocycles. The molecular formula is C23H29F3N8O3. The monoisotopic (exact) mass is 522 g/mol. The minimum Gasteiger partial charge on any atom is -0.490 e. The second-order valence-corrected chi connectivity index (χ2v) is 8.62. The highest BCUT2D eigenvalue weighted by atomic mass is 19.3. The van der Waals surface area contributed by atoms with Gasteiger partial charge in [-0.25, -0.2) is 17.9 Å². The van der Waals surface area contributed by atoms with E-state index < -0.39 is 30.0 Å². The fraction of sp³-hybridized carbons (Fsp3) is 0.435. The third-order valence-electron chi connectivity index (χ3n) is 5.38. The van der Waals surface area contributed by atoms with Gasteiger partial charge in [-0.3, -0.25) is 14.6 Å². The van der Waals surface area contributed by atoms with Gasteiger partial charge >= 0.3 is 0 Å². The van der Waals surface area contributed by atoms with E-state index >= 15 is 0 Å². The second kappa shape index (κ2) is 12.2. The van der Waals surface area contributed by atoms with Crippen molar-refractivity contribution in [1.82, 2.24) is 30.6 Å². The summed E-state index contributed by atoms with van der Waals surface area (Å²) in [5, 5.41) is 12.3. The molecule has 3 rings (SSSR count). The molecule has 1 saturated carbocycles. The van der Waals surface area contributed by atoms with Gasteiger partial charge < -0.3 is 26.8 Å². The summed E-state index contributed by atoms with van der Waals surface area (Å²) >= 11 is 0. The van der Waals surface area contributed by atoms with Crippen LogP contribution in [0.4, 0.5) is 13.2 Å². The van der Waals surface area contributed by atoms with Crippen molar-refractivity contribution >= 4 is 11.8 Å². The van der Waals surface area contributed by atoms with Gasteiger partial charge in [0.05, 0.1) is 24.9 Å². The van der Waals surface area contributed by atoms with Crippen LogP contribution in [-0.2, 0) is 17.8 Å². The molecule has 1 aliphatic carbocycles. The highest BCUT2D eigenvalue weighted by molar-refractivity contribution is 5.91. The van der Waals surface area contributed by atoms with Gasteiger partial charge in [-0.15, -0.1) is 5.10 Å². The fourth-order valence-electron chi connectivity index (χ4n) is 3.44. The van der Waals surface area contributed by atoms with E-state index in [2.05, 4.69) is 25.9 Å². The molecule has 0 aliphatic heterocycles. The summed E-state index contributed by atoms with van der Waals surface area (Å²) in [6, 6.07) is 3.05. The Kier molecular flexibility index (Phi) is 9.09. The number of nitrogens with zero attached hydrogens (tertiary/aromatic N) is 4. The summed E-state index contributed by atoms with van der Waals surface area (Å²) in [7, 11) is 1.46. The Balaban J connectivity index is 1.41. The van der Waals surface area contributed by atoms with Gasteiger partial charge in [-0.05, 0) is 31.1 Å². The zero-order chi connectivity index (χ0) is 27.0. The maximum atomic E-state index is 14.3. The molecule has 0 aromatic carbocycles. The van der Waals surface area contributed by atoms with Crippen LogP contribution in [0.1, 0.15) is 41.9 Å². The highest BCUT2D eigenvalue weighted by Crippen LogP contribution is 2.39. The number of carbonyl (C=O) groups is 2. The lowest BCUT2D eigenvalue weighted by Crippen LogP contribution is -2.43. The number of carbonyl (C=O) groups excluding carboxylic acids is 2. The molecule has 6 N–H and O–H groups in total. The van der Waals surface area contributed by atoms with Crippen molar-refractivity contribution in [3.63, 3.8) is 0 Å². The molecule has 2 amide bonds. The van der Waals surface area contributed by atoms with E-state index in [0.29, 0.717) is 17.1 Å². The summed E-state index contributed by atoms with van der Waals surface area (Å²) in [4.78, 5) is 27.8. The van der Waals surface area contributed by atoms with Crippen molar-refractivity contribution in [1.29, 1.82) is 0 Å². The lowest BCUT2D eigenvalue weighted by molar-refractivity contribution is -0.134. The van der Waals surface area contributed by atoms with E-state index in [9.17, 15) is 22.8 Å². The molecule has 200 valence electrons. The number of ether oxygens (including phenoxy) is 1. The number of allylic oxidation sites excluding steroid dienone is 3. The maximum absolute atomic E-state index is 14.3. The minimum absolute atomic E-state index is 0.0261. The van der Waals surface area contributed by atoms with Crippen LogP contribution in [0, 0.1) is 0 Å². The van der Waals surface area contributed by atoms with E-state index in [1.165, 1.54) is 48.4 Å². The molecule has 0 spiro atoms. The Hall–Kier alpha value is -4.10. The fourth-order valence-corrected chi connectivity index (χ4v) is 3.44. The number of alkyl halides is 3. The van der Waals surface area contributed by atoms with Gasteiger partial charge in [-0.2, -0.15) is 0 Å². The largest absolute Gasteiger partial charge is 0.490 e. The SMILES string of the molecule is CNC(=O)c1cn(CC(F)CC/C(N)=C/C=C(\N)NC(=O)Cc2cc(OC3CC(F)(F)C3)ccn2)nn1. The average Bonchev–Trinajstić information content (AvgIpc) is 3.28. The summed E-state index contributed by atoms with van der Waals surface area (Å²) in [6.07, 6.45) is 3.32. The van der Waals surface area contributed by atoms with E-state index in [4.69, 9.17) is 16.2 Å². The zero-order valence-corrected chi connectivity index (χ0v) is 20.2. The Labute approximate surface area is 211 Å². The third kappa shape index (κ3) is 8.81. The van der Waals surface area contributed by atoms with Crippen LogP contribution >= 0.6 is 0 Å². The highest BCUT2D eigenvalue weighted by Gasteiger charge is 2.47. The van der Waals surface area contributed by atoms with Crippen LogP contribution in [0.15, 0.2) is 48.2 Å². The van der Waals surface area contributed by atoms with Crippen molar-refractivity contribution in [2.75, 3.05) is 7.05 Å². The quantitative estimate of drug-likeness (QED) is 0.303. The molecule has 37 heavy (non-hydrogen) atoms. The van der Waals surface area contributed by atoms with Gasteiger partial charge in [0.1, 0.15) is 23.8 Å². The first-order valence-electron chi connectivity index (χ1n) is 11.5. The third-order valence-corrected chi connectivity index (χ3v) is 5.38. The normalized spacial score (nSPS) is 16.5. The molecule has 2 heterocycles. The molecule has 1 aliphatic rings. The van der Waals surface area contributed by atoms with Gasteiger partial charge in [0.15, 0.2) is 5.69 Å². The van der Waals surface area contributed by atoms with Crippen molar-refractivity contribution in [2.24, 2.45) is 11.5 Å². The van der Waals surface area contributed by atoms with E-state index in [-0.39, 0.29) is 50.2 Å². The first-order chi connectivity index (χ1) is 17.5. The number of nitrogens with two attached hydrogens (primary N) is 2. The number of rotatable bonds is 12. The predicted octanol–water partition coefficient (Wildman–Crippen LogP) is 1.33. The molecule has 14 heteroatoms. The number of pyridine rings is 1. The maximum Gasteiger partial charge on any atom is 0.273 e. The van der Waals surface area contributed by atoms with Crippen LogP contribution in [-0.4, -0.2) is 57.0 Å². The van der Waals surface area contributed by atoms with Gasteiger partial charge in [0, 0.05) is 37.8 Å². The smallest absolute Gasteiger partial charge is 0.273 e. The molecule has 1 atom stereocenters. The molecule has 2 aromatic rings. The number of hydrogen-bond acceptors (Lipinski definition) is 8. The molecule has 0 radical (unpaired) electrons. The summed E-state index contributed by atoms with van der Waals surface area (Å²) in [5.41, 5.74) is 12.5. The number of aromatic nitrogens is 4. The van der Waals surface area contributed by atoms with Crippen LogP contribution < -0.4 is 26.8 Å². The van der Waals surface area contributed by atoms with Crippen LogP contribution in [0.5, 0.6) is 5.75 Å². The number of amides is 2. The molecule has 11 nitrogen and oxygen atoms in total. The first kappa shape index (κ1) is 27.5. The molecule has 1 unspecified atom stereocenters. The average molecular weight is 523 g/mol. The van der Waals surface area contributed by atoms with Crippen molar-refractivity contribution in [3.05, 3.63) is 59.6 Å². The molecule has 0 bridgehead atoms. The van der Waals surface area contributed by atoms with Crippen molar-refractivity contribution in [2.45, 2.75) is 56.8 Å². The topological polar surface area (TPSA) is 163 Å². The van der Waals surface area contributed by atoms with Crippen molar-refractivity contribution in [3.8, 4) is 5.75 Å². The van der Waals surface area contributed by atoms with E-state index in [1.807, 2.05) is 0 Å². The molecule has 1 fully saturated rings. The summed E-state index contributed by atoms with van der Waals surface area (Å²) < 4.78 is 46.9. The van der Waals surface area contributed by atoms with Crippen LogP contribution in [0.25, 0.3) is 0 Å². The number of nitrogens with one attached hydrogen (secondary N) is 2. The molecular weight excluding hydrogens is 493 g/mol. The van der Waals surface area contributed by atoms with Crippen LogP contribution in [0.3, 0.4) is 0 Å². The number of hydrogen-bond donors (Lipinski definition) is 4. The van der Waals surface area contributed by atoms with Gasteiger partial charge in [-0.1, -0.05) is 5.21 Å². The predicted molar refractivity (Wildman–Crippen MR) is 127 cm³/mol. The Morgan fingerprint density at radius 3 is 2.78 bits per heavy atom. The van der Waals surface area contributed by atoms with Gasteiger partial charge in [0.25, 0.3) is 11.8 Å². The minimum atomic E-state index is -2.69. The standard InChI is InChI=1S/C23H29F3N8O3/c1-29-22(36)19-13-34(33-32-19)12-14(24)2-3-15(27)4-5-20(28)31-21(35)9-16-8-17(6-7-30-16)37-18-10-23(25,26)11-18/h4-8,13-14,18H,2-3,9-12,27-28H2,1H3,(H,29,36)(H,31,35)/b15-4-,20-5+. The Morgan fingerprint density at radius 1 is 1.32 bits per heavy atom. The Morgan fingerprint density at radius 2 is 2.08 bits per heavy atom. The summed E-state index contributed by atoms with van der Waals surface area (Å²) in [6.45, 7) is -0.0846. The molecule has 2 aromatic heterocycles. The van der Waals surface area contributed by atoms with E-state index in [1.54, 1.807) is 0 Å². The van der Waals surface area contributed by atoms with Gasteiger partial charge in [0.2, 0.25) is 5.91 Å². The first-order valence-corrected chi connectivity index (χ1v) is 11.5. The summed E-state index contributed by atoms with van der Waals surface area (Å²) in [5.74, 6) is -3.17.